The van der Waals surface area contributed by atoms with Gasteiger partial charge in [0.2, 0.25) is 0 Å². The van der Waals surface area contributed by atoms with Crippen molar-refractivity contribution in [1.82, 2.24) is 0 Å². The molecule has 0 aliphatic rings. The van der Waals surface area contributed by atoms with Gasteiger partial charge in [-0.3, -0.25) is 9.59 Å². The molecule has 0 aromatic rings. The van der Waals surface area contributed by atoms with Crippen molar-refractivity contribution in [2.45, 2.75) is 309 Å². The highest BCUT2D eigenvalue weighted by Gasteiger charge is 2.17. The number of carbonyl (C=O) groups excluding carboxylic acids is 2. The normalized spacial score (nSPS) is 12.5. The quantitative estimate of drug-likeness (QED) is 0.0345. The molecule has 0 saturated heterocycles. The van der Waals surface area contributed by atoms with Gasteiger partial charge in [-0.05, 0) is 103 Å². The lowest BCUT2D eigenvalue weighted by Crippen LogP contribution is -2.30. The van der Waals surface area contributed by atoms with Crippen LogP contribution in [0, 0.1) is 0 Å². The molecular weight excluding hydrogens is 813 g/mol. The Bertz CT molecular complexity index is 1090. The van der Waals surface area contributed by atoms with Crippen LogP contribution in [0.1, 0.15) is 303 Å². The molecular formula is C61H112O5. The van der Waals surface area contributed by atoms with Crippen molar-refractivity contribution >= 4 is 11.9 Å². The van der Waals surface area contributed by atoms with Crippen LogP contribution < -0.4 is 0 Å². The molecule has 0 fully saturated rings. The Morgan fingerprint density at radius 2 is 0.636 bits per heavy atom. The molecule has 0 aliphatic carbocycles. The summed E-state index contributed by atoms with van der Waals surface area (Å²) in [6, 6.07) is 0. The van der Waals surface area contributed by atoms with Gasteiger partial charge < -0.3 is 14.2 Å². The number of hydrogen-bond acceptors (Lipinski definition) is 5. The van der Waals surface area contributed by atoms with Crippen molar-refractivity contribution in [3.05, 3.63) is 48.6 Å². The molecule has 0 saturated carbocycles. The van der Waals surface area contributed by atoms with E-state index < -0.39 is 6.10 Å². The molecule has 1 atom stereocenters. The molecule has 0 aromatic heterocycles. The standard InChI is InChI=1S/C61H112O5/c1-4-7-10-13-16-19-22-25-28-29-30-31-32-35-38-41-44-47-50-53-56-64-57-59(66-61(63)55-52-49-46-43-40-37-34-27-24-21-18-15-12-9-6-3)58-65-60(62)54-51-48-45-42-39-36-33-26-23-20-17-14-11-8-5-2/h17,20,25-28,33-34,59H,4-16,18-19,21-24,29-32,35-58H2,1-3H3/b20-17-,28-25-,33-26-,34-27-. The third-order valence-electron chi connectivity index (χ3n) is 12.8. The molecule has 66 heavy (non-hydrogen) atoms. The van der Waals surface area contributed by atoms with Crippen LogP contribution >= 0.6 is 0 Å². The molecule has 0 spiro atoms. The number of rotatable bonds is 54. The SMILES string of the molecule is CCCCC/C=C\C/C=C\CCCCCCCC(=O)OCC(COCCCCCCCCCCCC/C=C\CCCCCCCC)OC(=O)CCCCCCC/C=C\CCCCCCCC. The molecule has 0 rings (SSSR count). The van der Waals surface area contributed by atoms with Gasteiger partial charge in [-0.1, -0.05) is 236 Å². The van der Waals surface area contributed by atoms with E-state index in [-0.39, 0.29) is 25.2 Å². The minimum absolute atomic E-state index is 0.0766. The Labute approximate surface area is 412 Å². The molecule has 0 aliphatic heterocycles. The van der Waals surface area contributed by atoms with Gasteiger partial charge in [-0.15, -0.1) is 0 Å². The third-order valence-corrected chi connectivity index (χ3v) is 12.8. The van der Waals surface area contributed by atoms with E-state index in [1.54, 1.807) is 0 Å². The summed E-state index contributed by atoms with van der Waals surface area (Å²) in [6.45, 7) is 7.81. The van der Waals surface area contributed by atoms with Gasteiger partial charge in [-0.25, -0.2) is 0 Å². The van der Waals surface area contributed by atoms with E-state index in [0.29, 0.717) is 19.4 Å². The van der Waals surface area contributed by atoms with Crippen LogP contribution in [0.15, 0.2) is 48.6 Å². The van der Waals surface area contributed by atoms with Crippen molar-refractivity contribution in [2.24, 2.45) is 0 Å². The summed E-state index contributed by atoms with van der Waals surface area (Å²) < 4.78 is 17.5. The summed E-state index contributed by atoms with van der Waals surface area (Å²) in [4.78, 5) is 25.5. The molecule has 0 aromatic carbocycles. The van der Waals surface area contributed by atoms with E-state index >= 15 is 0 Å². The van der Waals surface area contributed by atoms with Crippen molar-refractivity contribution < 1.29 is 23.8 Å². The monoisotopic (exact) mass is 925 g/mol. The molecule has 386 valence electrons. The molecule has 1 unspecified atom stereocenters. The summed E-state index contributed by atoms with van der Waals surface area (Å²) >= 11 is 0. The van der Waals surface area contributed by atoms with Gasteiger partial charge in [0, 0.05) is 19.4 Å². The second kappa shape index (κ2) is 57.2. The zero-order valence-electron chi connectivity index (χ0n) is 44.5. The van der Waals surface area contributed by atoms with E-state index in [0.717, 1.165) is 70.6 Å². The van der Waals surface area contributed by atoms with Gasteiger partial charge in [-0.2, -0.15) is 0 Å². The first-order valence-corrected chi connectivity index (χ1v) is 29.2. The molecule has 0 N–H and O–H groups in total. The zero-order valence-corrected chi connectivity index (χ0v) is 44.5. The van der Waals surface area contributed by atoms with Crippen molar-refractivity contribution in [2.75, 3.05) is 19.8 Å². The van der Waals surface area contributed by atoms with Gasteiger partial charge >= 0.3 is 11.9 Å². The topological polar surface area (TPSA) is 61.8 Å². The van der Waals surface area contributed by atoms with Crippen LogP contribution in [0.2, 0.25) is 0 Å². The lowest BCUT2D eigenvalue weighted by Gasteiger charge is -2.18. The Morgan fingerprint density at radius 3 is 1.05 bits per heavy atom. The second-order valence-electron chi connectivity index (χ2n) is 19.5. The lowest BCUT2D eigenvalue weighted by molar-refractivity contribution is -0.163. The fraction of sp³-hybridized carbons (Fsp3) is 0.836. The maximum Gasteiger partial charge on any atom is 0.306 e. The number of hydrogen-bond donors (Lipinski definition) is 0. The second-order valence-corrected chi connectivity index (χ2v) is 19.5. The number of carbonyl (C=O) groups is 2. The summed E-state index contributed by atoms with van der Waals surface area (Å²) in [5.41, 5.74) is 0. The van der Waals surface area contributed by atoms with Crippen LogP contribution in [0.4, 0.5) is 0 Å². The summed E-state index contributed by atoms with van der Waals surface area (Å²) in [6.07, 6.45) is 71.3. The van der Waals surface area contributed by atoms with Crippen molar-refractivity contribution in [3.63, 3.8) is 0 Å². The van der Waals surface area contributed by atoms with Crippen molar-refractivity contribution in [1.29, 1.82) is 0 Å². The molecule has 0 heterocycles. The van der Waals surface area contributed by atoms with Gasteiger partial charge in [0.05, 0.1) is 6.61 Å². The zero-order chi connectivity index (χ0) is 47.7. The smallest absolute Gasteiger partial charge is 0.306 e. The average molecular weight is 926 g/mol. The van der Waals surface area contributed by atoms with E-state index in [1.165, 1.54) is 199 Å². The highest BCUT2D eigenvalue weighted by atomic mass is 16.6. The first-order chi connectivity index (χ1) is 32.6. The summed E-state index contributed by atoms with van der Waals surface area (Å²) in [5.74, 6) is -0.410. The molecule has 5 heteroatoms. The Balaban J connectivity index is 4.26. The van der Waals surface area contributed by atoms with E-state index in [2.05, 4.69) is 69.4 Å². The molecule has 0 bridgehead atoms. The lowest BCUT2D eigenvalue weighted by atomic mass is 10.1. The van der Waals surface area contributed by atoms with Gasteiger partial charge in [0.15, 0.2) is 6.10 Å². The third kappa shape index (κ3) is 54.5. The fourth-order valence-corrected chi connectivity index (χ4v) is 8.41. The average Bonchev–Trinajstić information content (AvgIpc) is 3.32. The predicted molar refractivity (Wildman–Crippen MR) is 288 cm³/mol. The van der Waals surface area contributed by atoms with Crippen LogP contribution in [-0.2, 0) is 23.8 Å². The Morgan fingerprint density at radius 1 is 0.333 bits per heavy atom. The Kier molecular flexibility index (Phi) is 55.3. The number of ether oxygens (including phenoxy) is 3. The summed E-state index contributed by atoms with van der Waals surface area (Å²) in [7, 11) is 0. The van der Waals surface area contributed by atoms with Crippen LogP contribution in [0.3, 0.4) is 0 Å². The number of esters is 2. The van der Waals surface area contributed by atoms with Gasteiger partial charge in [0.25, 0.3) is 0 Å². The molecule has 0 amide bonds. The maximum absolute atomic E-state index is 12.8. The predicted octanol–water partition coefficient (Wildman–Crippen LogP) is 19.9. The minimum Gasteiger partial charge on any atom is -0.462 e. The molecule has 5 nitrogen and oxygen atoms in total. The summed E-state index contributed by atoms with van der Waals surface area (Å²) in [5, 5.41) is 0. The van der Waals surface area contributed by atoms with E-state index in [4.69, 9.17) is 14.2 Å². The van der Waals surface area contributed by atoms with E-state index in [9.17, 15) is 9.59 Å². The highest BCUT2D eigenvalue weighted by molar-refractivity contribution is 5.70. The number of unbranched alkanes of at least 4 members (excludes halogenated alkanes) is 35. The molecule has 0 radical (unpaired) electrons. The minimum atomic E-state index is -0.546. The first-order valence-electron chi connectivity index (χ1n) is 29.2. The Hall–Kier alpha value is -2.14. The maximum atomic E-state index is 12.8. The van der Waals surface area contributed by atoms with Gasteiger partial charge in [0.1, 0.15) is 6.61 Å². The van der Waals surface area contributed by atoms with Crippen molar-refractivity contribution in [3.8, 4) is 0 Å². The first kappa shape index (κ1) is 63.9. The largest absolute Gasteiger partial charge is 0.462 e. The fourth-order valence-electron chi connectivity index (χ4n) is 8.41. The highest BCUT2D eigenvalue weighted by Crippen LogP contribution is 2.15. The number of allylic oxidation sites excluding steroid dienone is 8. The van der Waals surface area contributed by atoms with Crippen LogP contribution in [-0.4, -0.2) is 37.9 Å². The van der Waals surface area contributed by atoms with Crippen LogP contribution in [0.5, 0.6) is 0 Å². The van der Waals surface area contributed by atoms with Crippen LogP contribution in [0.25, 0.3) is 0 Å². The van der Waals surface area contributed by atoms with E-state index in [1.807, 2.05) is 0 Å².